The molecule has 5 heteroatoms. The lowest BCUT2D eigenvalue weighted by molar-refractivity contribution is 0.112. The van der Waals surface area contributed by atoms with E-state index >= 15 is 0 Å². The quantitative estimate of drug-likeness (QED) is 0.863. The van der Waals surface area contributed by atoms with Crippen molar-refractivity contribution in [3.63, 3.8) is 0 Å². The lowest BCUT2D eigenvalue weighted by Gasteiger charge is -2.39. The van der Waals surface area contributed by atoms with Gasteiger partial charge in [0, 0.05) is 44.4 Å². The zero-order valence-electron chi connectivity index (χ0n) is 15.1. The average molecular weight is 333 g/mol. The lowest BCUT2D eigenvalue weighted by Crippen LogP contribution is -2.48. The molecule has 0 bridgehead atoms. The predicted octanol–water partition coefficient (Wildman–Crippen LogP) is 2.14. The number of ether oxygens (including phenoxy) is 2. The summed E-state index contributed by atoms with van der Waals surface area (Å²) >= 11 is 0. The van der Waals surface area contributed by atoms with Gasteiger partial charge in [-0.05, 0) is 32.0 Å². The molecular formula is C19H31N3O2. The first kappa shape index (κ1) is 17.5. The molecule has 1 N–H and O–H groups in total. The van der Waals surface area contributed by atoms with Gasteiger partial charge >= 0.3 is 0 Å². The van der Waals surface area contributed by atoms with Gasteiger partial charge in [0.2, 0.25) is 0 Å². The van der Waals surface area contributed by atoms with Crippen LogP contribution in [-0.2, 0) is 0 Å². The second-order valence-corrected chi connectivity index (χ2v) is 6.77. The molecule has 0 aliphatic carbocycles. The first-order valence-corrected chi connectivity index (χ1v) is 9.21. The fourth-order valence-corrected chi connectivity index (χ4v) is 3.88. The Hall–Kier alpha value is -1.30. The number of piperidine rings is 1. The second-order valence-electron chi connectivity index (χ2n) is 6.77. The van der Waals surface area contributed by atoms with Crippen LogP contribution >= 0.6 is 0 Å². The predicted molar refractivity (Wildman–Crippen MR) is 97.0 cm³/mol. The Morgan fingerprint density at radius 3 is 2.42 bits per heavy atom. The molecule has 3 rings (SSSR count). The van der Waals surface area contributed by atoms with E-state index in [0.29, 0.717) is 6.04 Å². The molecule has 2 heterocycles. The number of nitrogens with one attached hydrogen (secondary N) is 1. The Bertz CT molecular complexity index is 511. The number of benzene rings is 1. The molecule has 1 aromatic carbocycles. The molecule has 24 heavy (non-hydrogen) atoms. The summed E-state index contributed by atoms with van der Waals surface area (Å²) in [5.74, 6) is 1.79. The summed E-state index contributed by atoms with van der Waals surface area (Å²) in [5, 5.41) is 3.47. The van der Waals surface area contributed by atoms with Crippen molar-refractivity contribution in [1.82, 2.24) is 15.1 Å². The monoisotopic (exact) mass is 333 g/mol. The third kappa shape index (κ3) is 4.21. The number of piperazine rings is 1. The zero-order valence-corrected chi connectivity index (χ0v) is 15.1. The molecule has 0 radical (unpaired) electrons. The van der Waals surface area contributed by atoms with E-state index in [4.69, 9.17) is 9.47 Å². The molecule has 1 atom stereocenters. The Morgan fingerprint density at radius 2 is 1.75 bits per heavy atom. The van der Waals surface area contributed by atoms with E-state index in [1.54, 1.807) is 14.2 Å². The maximum Gasteiger partial charge on any atom is 0.127 e. The van der Waals surface area contributed by atoms with Crippen molar-refractivity contribution < 1.29 is 9.47 Å². The Kier molecular flexibility index (Phi) is 6.35. The molecule has 2 aliphatic heterocycles. The molecule has 2 saturated heterocycles. The van der Waals surface area contributed by atoms with Crippen molar-refractivity contribution >= 4 is 0 Å². The Morgan fingerprint density at radius 1 is 1.00 bits per heavy atom. The van der Waals surface area contributed by atoms with Gasteiger partial charge in [0.15, 0.2) is 0 Å². The molecule has 1 unspecified atom stereocenters. The third-order valence-electron chi connectivity index (χ3n) is 5.27. The van der Waals surface area contributed by atoms with Gasteiger partial charge in [-0.25, -0.2) is 0 Å². The normalized spacial score (nSPS) is 21.4. The van der Waals surface area contributed by atoms with Gasteiger partial charge in [-0.3, -0.25) is 4.90 Å². The SMILES string of the molecule is COc1ccc(C(CN2CCCCC2)N2CCNCC2)c(OC)c1. The van der Waals surface area contributed by atoms with Crippen LogP contribution in [0.4, 0.5) is 0 Å². The number of hydrogen-bond donors (Lipinski definition) is 1. The first-order valence-electron chi connectivity index (χ1n) is 9.21. The van der Waals surface area contributed by atoms with Crippen LogP contribution in [0.3, 0.4) is 0 Å². The van der Waals surface area contributed by atoms with Crippen molar-refractivity contribution in [3.05, 3.63) is 23.8 Å². The van der Waals surface area contributed by atoms with Gasteiger partial charge in [-0.2, -0.15) is 0 Å². The van der Waals surface area contributed by atoms with E-state index in [2.05, 4.69) is 27.2 Å². The van der Waals surface area contributed by atoms with E-state index in [0.717, 1.165) is 44.2 Å². The summed E-state index contributed by atoms with van der Waals surface area (Å²) < 4.78 is 11.1. The van der Waals surface area contributed by atoms with Gasteiger partial charge in [-0.1, -0.05) is 12.5 Å². The van der Waals surface area contributed by atoms with Crippen LogP contribution in [0.2, 0.25) is 0 Å². The summed E-state index contributed by atoms with van der Waals surface area (Å²) in [6.07, 6.45) is 4.03. The minimum Gasteiger partial charge on any atom is -0.497 e. The first-order chi connectivity index (χ1) is 11.8. The van der Waals surface area contributed by atoms with Gasteiger partial charge in [0.1, 0.15) is 11.5 Å². The summed E-state index contributed by atoms with van der Waals surface area (Å²) in [6.45, 7) is 7.84. The van der Waals surface area contributed by atoms with E-state index in [9.17, 15) is 0 Å². The number of rotatable bonds is 6. The zero-order chi connectivity index (χ0) is 16.8. The maximum absolute atomic E-state index is 5.71. The van der Waals surface area contributed by atoms with E-state index < -0.39 is 0 Å². The van der Waals surface area contributed by atoms with Gasteiger partial charge in [0.05, 0.1) is 20.3 Å². The maximum atomic E-state index is 5.71. The Labute approximate surface area is 145 Å². The number of hydrogen-bond acceptors (Lipinski definition) is 5. The molecule has 0 saturated carbocycles. The summed E-state index contributed by atoms with van der Waals surface area (Å²) in [4.78, 5) is 5.23. The molecule has 0 aromatic heterocycles. The van der Waals surface area contributed by atoms with Crippen molar-refractivity contribution in [1.29, 1.82) is 0 Å². The molecule has 0 amide bonds. The molecule has 134 valence electrons. The highest BCUT2D eigenvalue weighted by Gasteiger charge is 2.27. The summed E-state index contributed by atoms with van der Waals surface area (Å²) in [5.41, 5.74) is 1.28. The third-order valence-corrected chi connectivity index (χ3v) is 5.27. The van der Waals surface area contributed by atoms with E-state index in [-0.39, 0.29) is 0 Å². The van der Waals surface area contributed by atoms with E-state index in [1.807, 2.05) is 6.07 Å². The highest BCUT2D eigenvalue weighted by atomic mass is 16.5. The van der Waals surface area contributed by atoms with Crippen LogP contribution in [-0.4, -0.2) is 69.8 Å². The van der Waals surface area contributed by atoms with Crippen LogP contribution < -0.4 is 14.8 Å². The van der Waals surface area contributed by atoms with Crippen molar-refractivity contribution in [2.24, 2.45) is 0 Å². The lowest BCUT2D eigenvalue weighted by atomic mass is 10.0. The van der Waals surface area contributed by atoms with Crippen LogP contribution in [0.1, 0.15) is 30.9 Å². The molecule has 0 spiro atoms. The minimum absolute atomic E-state index is 0.381. The minimum atomic E-state index is 0.381. The number of methoxy groups -OCH3 is 2. The van der Waals surface area contributed by atoms with Crippen molar-refractivity contribution in [3.8, 4) is 11.5 Å². The molecule has 5 nitrogen and oxygen atoms in total. The largest absolute Gasteiger partial charge is 0.497 e. The summed E-state index contributed by atoms with van der Waals surface area (Å²) in [7, 11) is 3.46. The Balaban J connectivity index is 1.84. The smallest absolute Gasteiger partial charge is 0.127 e. The fourth-order valence-electron chi connectivity index (χ4n) is 3.88. The van der Waals surface area contributed by atoms with Crippen LogP contribution in [0.15, 0.2) is 18.2 Å². The van der Waals surface area contributed by atoms with Crippen molar-refractivity contribution in [2.75, 3.05) is 60.0 Å². The molecule has 1 aromatic rings. The van der Waals surface area contributed by atoms with Crippen molar-refractivity contribution in [2.45, 2.75) is 25.3 Å². The number of likely N-dealkylation sites (tertiary alicyclic amines) is 1. The molecule has 2 fully saturated rings. The fraction of sp³-hybridized carbons (Fsp3) is 0.684. The highest BCUT2D eigenvalue weighted by Crippen LogP contribution is 2.34. The highest BCUT2D eigenvalue weighted by molar-refractivity contribution is 5.42. The number of nitrogens with zero attached hydrogens (tertiary/aromatic N) is 2. The molecular weight excluding hydrogens is 302 g/mol. The van der Waals surface area contributed by atoms with Crippen LogP contribution in [0.5, 0.6) is 11.5 Å². The van der Waals surface area contributed by atoms with Crippen LogP contribution in [0, 0.1) is 0 Å². The molecule has 2 aliphatic rings. The van der Waals surface area contributed by atoms with E-state index in [1.165, 1.54) is 37.9 Å². The average Bonchev–Trinajstić information content (AvgIpc) is 2.67. The van der Waals surface area contributed by atoms with Gasteiger partial charge in [0.25, 0.3) is 0 Å². The van der Waals surface area contributed by atoms with Crippen LogP contribution in [0.25, 0.3) is 0 Å². The topological polar surface area (TPSA) is 37.0 Å². The van der Waals surface area contributed by atoms with Gasteiger partial charge in [-0.15, -0.1) is 0 Å². The second kappa shape index (κ2) is 8.70. The standard InChI is InChI=1S/C19H31N3O2/c1-23-16-6-7-17(19(14-16)24-2)18(22-12-8-20-9-13-22)15-21-10-4-3-5-11-21/h6-7,14,18,20H,3-5,8-13,15H2,1-2H3. The van der Waals surface area contributed by atoms with Gasteiger partial charge < -0.3 is 19.7 Å². The summed E-state index contributed by atoms with van der Waals surface area (Å²) in [6, 6.07) is 6.64.